The maximum atomic E-state index is 10.8. The fraction of sp³-hybridized carbons (Fsp3) is 0.316. The van der Waals surface area contributed by atoms with Crippen LogP contribution in [0.25, 0.3) is 0 Å². The maximum absolute atomic E-state index is 10.8. The summed E-state index contributed by atoms with van der Waals surface area (Å²) in [4.78, 5) is 18.5. The highest BCUT2D eigenvalue weighted by Gasteiger charge is 2.37. The zero-order valence-corrected chi connectivity index (χ0v) is 16.7. The molecule has 1 aliphatic rings. The van der Waals surface area contributed by atoms with Crippen molar-refractivity contribution in [3.8, 4) is 0 Å². The van der Waals surface area contributed by atoms with Gasteiger partial charge in [-0.3, -0.25) is 19.8 Å². The van der Waals surface area contributed by atoms with E-state index in [9.17, 15) is 10.1 Å². The van der Waals surface area contributed by atoms with E-state index in [1.807, 2.05) is 12.1 Å². The topological polar surface area (TPSA) is 96.0 Å². The van der Waals surface area contributed by atoms with Crippen LogP contribution in [0.15, 0.2) is 49.2 Å². The number of rotatable bonds is 6. The van der Waals surface area contributed by atoms with Gasteiger partial charge in [-0.05, 0) is 30.2 Å². The number of pyridine rings is 1. The van der Waals surface area contributed by atoms with Crippen LogP contribution in [0.5, 0.6) is 0 Å². The number of hydrogen-bond acceptors (Lipinski definition) is 6. The van der Waals surface area contributed by atoms with Crippen LogP contribution in [0.2, 0.25) is 10.0 Å². The molecule has 8 nitrogen and oxygen atoms in total. The van der Waals surface area contributed by atoms with E-state index in [2.05, 4.69) is 15.1 Å². The first kappa shape index (κ1) is 19.8. The summed E-state index contributed by atoms with van der Waals surface area (Å²) in [6.45, 7) is 0.536. The molecule has 1 fully saturated rings. The molecule has 3 aromatic rings. The van der Waals surface area contributed by atoms with E-state index in [1.165, 1.54) is 18.6 Å². The molecule has 0 saturated carbocycles. The molecule has 3 atom stereocenters. The second kappa shape index (κ2) is 8.44. The van der Waals surface area contributed by atoms with Crippen LogP contribution >= 0.6 is 23.2 Å². The number of halogens is 2. The fourth-order valence-corrected chi connectivity index (χ4v) is 4.20. The number of hydrogen-bond donors (Lipinski definition) is 0. The predicted molar refractivity (Wildman–Crippen MR) is 107 cm³/mol. The Bertz CT molecular complexity index is 998. The highest BCUT2D eigenvalue weighted by molar-refractivity contribution is 6.35. The predicted octanol–water partition coefficient (Wildman–Crippen LogP) is 4.07. The molecule has 3 heterocycles. The number of aromatic nitrogens is 4. The Balaban J connectivity index is 1.54. The number of benzene rings is 1. The molecule has 2 aromatic heterocycles. The number of nitro groups is 1. The molecular formula is C19H17Cl2N5O3. The molecule has 0 bridgehead atoms. The van der Waals surface area contributed by atoms with Crippen LogP contribution in [0.4, 0.5) is 5.69 Å². The molecule has 0 amide bonds. The van der Waals surface area contributed by atoms with E-state index in [0.29, 0.717) is 23.0 Å². The Labute approximate surface area is 176 Å². The van der Waals surface area contributed by atoms with Gasteiger partial charge in [-0.25, -0.2) is 4.98 Å². The van der Waals surface area contributed by atoms with Crippen molar-refractivity contribution in [2.75, 3.05) is 0 Å². The van der Waals surface area contributed by atoms with Crippen LogP contribution in [-0.2, 0) is 17.7 Å². The third-order valence-electron chi connectivity index (χ3n) is 4.99. The monoisotopic (exact) mass is 433 g/mol. The van der Waals surface area contributed by atoms with Gasteiger partial charge in [-0.2, -0.15) is 5.10 Å². The summed E-state index contributed by atoms with van der Waals surface area (Å²) in [5, 5.41) is 16.2. The van der Waals surface area contributed by atoms with Crippen molar-refractivity contribution in [1.82, 2.24) is 19.7 Å². The molecule has 0 N–H and O–H groups in total. The molecule has 0 radical (unpaired) electrons. The number of nitrogens with zero attached hydrogens (tertiary/aromatic N) is 5. The second-order valence-electron chi connectivity index (χ2n) is 6.89. The quantitative estimate of drug-likeness (QED) is 0.429. The fourth-order valence-electron chi connectivity index (χ4n) is 3.65. The van der Waals surface area contributed by atoms with Crippen molar-refractivity contribution >= 4 is 28.9 Å². The van der Waals surface area contributed by atoms with Gasteiger partial charge in [0.05, 0.1) is 23.7 Å². The summed E-state index contributed by atoms with van der Waals surface area (Å²) in [5.41, 5.74) is 1.68. The Morgan fingerprint density at radius 1 is 1.28 bits per heavy atom. The van der Waals surface area contributed by atoms with Gasteiger partial charge in [0.1, 0.15) is 18.9 Å². The molecule has 1 aromatic carbocycles. The van der Waals surface area contributed by atoms with Crippen molar-refractivity contribution in [3.05, 3.63) is 80.6 Å². The maximum Gasteiger partial charge on any atom is 0.287 e. The van der Waals surface area contributed by atoms with Gasteiger partial charge in [0.15, 0.2) is 0 Å². The SMILES string of the molecule is O=[N+]([O-])c1ccc(CC2CC(c3ccc(Cl)cc3Cl)C(Cn3cncn3)O2)nc1. The molecule has 3 unspecified atom stereocenters. The second-order valence-corrected chi connectivity index (χ2v) is 7.73. The zero-order valence-electron chi connectivity index (χ0n) is 15.2. The normalized spacial score (nSPS) is 21.4. The summed E-state index contributed by atoms with van der Waals surface area (Å²) >= 11 is 12.5. The van der Waals surface area contributed by atoms with Crippen molar-refractivity contribution in [1.29, 1.82) is 0 Å². The van der Waals surface area contributed by atoms with Gasteiger partial charge >= 0.3 is 0 Å². The first-order chi connectivity index (χ1) is 14.0. The summed E-state index contributed by atoms with van der Waals surface area (Å²) in [6.07, 6.45) is 5.43. The average molecular weight is 434 g/mol. The molecular weight excluding hydrogens is 417 g/mol. The van der Waals surface area contributed by atoms with Gasteiger partial charge in [0, 0.05) is 34.1 Å². The van der Waals surface area contributed by atoms with E-state index in [-0.39, 0.29) is 23.8 Å². The summed E-state index contributed by atoms with van der Waals surface area (Å²) in [6, 6.07) is 8.60. The number of ether oxygens (including phenoxy) is 1. The lowest BCUT2D eigenvalue weighted by Gasteiger charge is -2.20. The first-order valence-corrected chi connectivity index (χ1v) is 9.77. The molecule has 4 rings (SSSR count). The van der Waals surface area contributed by atoms with Crippen LogP contribution in [0.1, 0.15) is 23.6 Å². The molecule has 1 aliphatic heterocycles. The van der Waals surface area contributed by atoms with E-state index in [0.717, 1.165) is 17.7 Å². The van der Waals surface area contributed by atoms with E-state index in [1.54, 1.807) is 23.1 Å². The Hall–Kier alpha value is -2.55. The lowest BCUT2D eigenvalue weighted by molar-refractivity contribution is -0.385. The van der Waals surface area contributed by atoms with Gasteiger partial charge in [0.25, 0.3) is 5.69 Å². The van der Waals surface area contributed by atoms with Crippen molar-refractivity contribution in [2.24, 2.45) is 0 Å². The largest absolute Gasteiger partial charge is 0.372 e. The third kappa shape index (κ3) is 4.55. The van der Waals surface area contributed by atoms with Crippen LogP contribution in [0, 0.1) is 10.1 Å². The van der Waals surface area contributed by atoms with Gasteiger partial charge in [0.2, 0.25) is 0 Å². The molecule has 0 aliphatic carbocycles. The minimum Gasteiger partial charge on any atom is -0.372 e. The van der Waals surface area contributed by atoms with E-state index < -0.39 is 4.92 Å². The van der Waals surface area contributed by atoms with Gasteiger partial charge in [-0.1, -0.05) is 29.3 Å². The van der Waals surface area contributed by atoms with Crippen LogP contribution < -0.4 is 0 Å². The van der Waals surface area contributed by atoms with E-state index in [4.69, 9.17) is 27.9 Å². The highest BCUT2D eigenvalue weighted by atomic mass is 35.5. The molecule has 10 heteroatoms. The summed E-state index contributed by atoms with van der Waals surface area (Å²) in [5.74, 6) is 0.0482. The Morgan fingerprint density at radius 3 is 2.79 bits per heavy atom. The minimum atomic E-state index is -0.463. The van der Waals surface area contributed by atoms with Gasteiger partial charge in [-0.15, -0.1) is 0 Å². The molecule has 0 spiro atoms. The molecule has 1 saturated heterocycles. The smallest absolute Gasteiger partial charge is 0.287 e. The lowest BCUT2D eigenvalue weighted by Crippen LogP contribution is -2.23. The minimum absolute atomic E-state index is 0.0315. The third-order valence-corrected chi connectivity index (χ3v) is 5.55. The Morgan fingerprint density at radius 2 is 2.14 bits per heavy atom. The summed E-state index contributed by atoms with van der Waals surface area (Å²) < 4.78 is 8.04. The Kier molecular flexibility index (Phi) is 5.75. The van der Waals surface area contributed by atoms with Crippen LogP contribution in [-0.4, -0.2) is 36.9 Å². The molecule has 150 valence electrons. The summed E-state index contributed by atoms with van der Waals surface area (Å²) in [7, 11) is 0. The van der Waals surface area contributed by atoms with Gasteiger partial charge < -0.3 is 4.74 Å². The molecule has 29 heavy (non-hydrogen) atoms. The van der Waals surface area contributed by atoms with Crippen LogP contribution in [0.3, 0.4) is 0 Å². The highest BCUT2D eigenvalue weighted by Crippen LogP contribution is 2.40. The average Bonchev–Trinajstić information content (AvgIpc) is 3.33. The van der Waals surface area contributed by atoms with Crippen molar-refractivity contribution < 1.29 is 9.66 Å². The standard InChI is InChI=1S/C19H17Cl2N5O3/c20-12-1-4-16(18(21)5-12)17-7-15(29-19(17)9-25-11-22-10-24-25)6-13-2-3-14(8-23-13)26(27)28/h1-5,8,10-11,15,17,19H,6-7,9H2. The van der Waals surface area contributed by atoms with E-state index >= 15 is 0 Å². The first-order valence-electron chi connectivity index (χ1n) is 9.01. The van der Waals surface area contributed by atoms with Crippen molar-refractivity contribution in [3.63, 3.8) is 0 Å². The zero-order chi connectivity index (χ0) is 20.4. The lowest BCUT2D eigenvalue weighted by atomic mass is 9.90. The van der Waals surface area contributed by atoms with Crippen molar-refractivity contribution in [2.45, 2.75) is 37.5 Å².